The van der Waals surface area contributed by atoms with Gasteiger partial charge in [-0.05, 0) is 111 Å². The van der Waals surface area contributed by atoms with Crippen molar-refractivity contribution in [2.24, 2.45) is 51.1 Å². The highest BCUT2D eigenvalue weighted by molar-refractivity contribution is 5.97. The molecule has 0 amide bonds. The van der Waals surface area contributed by atoms with Crippen LogP contribution in [0.1, 0.15) is 106 Å². The molecule has 15 atom stereocenters. The van der Waals surface area contributed by atoms with Crippen molar-refractivity contribution < 1.29 is 43.9 Å². The Labute approximate surface area is 273 Å². The molecule has 0 radical (unpaired) electrons. The summed E-state index contributed by atoms with van der Waals surface area (Å²) in [5.74, 6) is 0.0286. The van der Waals surface area contributed by atoms with Gasteiger partial charge >= 0.3 is 5.97 Å². The molecule has 2 heterocycles. The number of nitrogens with two attached hydrogens (primary N) is 1. The zero-order valence-electron chi connectivity index (χ0n) is 28.8. The zero-order chi connectivity index (χ0) is 33.4. The van der Waals surface area contributed by atoms with Crippen molar-refractivity contribution in [3.63, 3.8) is 0 Å². The van der Waals surface area contributed by atoms with Crippen LogP contribution in [0.4, 0.5) is 0 Å². The number of hydrogen-bond acceptors (Lipinski definition) is 10. The van der Waals surface area contributed by atoms with E-state index in [1.807, 2.05) is 0 Å². The van der Waals surface area contributed by atoms with Crippen molar-refractivity contribution in [3.05, 3.63) is 0 Å². The predicted molar refractivity (Wildman–Crippen MR) is 167 cm³/mol. The molecule has 2 aliphatic heterocycles. The topological polar surface area (TPSA) is 158 Å². The molecule has 46 heavy (non-hydrogen) atoms. The van der Waals surface area contributed by atoms with E-state index in [0.29, 0.717) is 25.4 Å². The molecule has 10 heteroatoms. The fraction of sp³-hybridized carbons (Fsp3) is 0.944. The first-order chi connectivity index (χ1) is 21.3. The first kappa shape index (κ1) is 33.4. The molecule has 260 valence electrons. The standard InChI is InChI=1S/C36H57NO9/c1-18-16-21(29(32(5,6)42)44-19(2)38)45-27-25(18)33(7)13-14-35-17-34(35)12-10-24(46-30-26(40)20(39)11-15-43-30)31(3,4)22(34)8-9-23(35)36(33,37)28(27)41/h18,20-27,29-30,39-40,42H,8-17,37H2,1-7H3/t18-,20?,21+,22+,23?,24?,25+,26-,27?,29?,30+,33?,34?,35?,36+/m1/s1. The summed E-state index contributed by atoms with van der Waals surface area (Å²) in [6.45, 7) is 13.9. The Hall–Kier alpha value is -1.14. The van der Waals surface area contributed by atoms with Crippen LogP contribution in [0.5, 0.6) is 0 Å². The van der Waals surface area contributed by atoms with E-state index in [0.717, 1.165) is 44.9 Å². The molecule has 2 spiro atoms. The minimum Gasteiger partial charge on any atom is -0.457 e. The Kier molecular flexibility index (Phi) is 7.57. The lowest BCUT2D eigenvalue weighted by Crippen LogP contribution is -2.69. The van der Waals surface area contributed by atoms with Gasteiger partial charge in [-0.1, -0.05) is 27.7 Å². The van der Waals surface area contributed by atoms with Crippen LogP contribution in [0.25, 0.3) is 0 Å². The molecule has 0 aromatic rings. The van der Waals surface area contributed by atoms with Crippen LogP contribution in [-0.2, 0) is 28.5 Å². The van der Waals surface area contributed by atoms with Gasteiger partial charge in [-0.25, -0.2) is 0 Å². The fourth-order valence-corrected chi connectivity index (χ4v) is 13.0. The van der Waals surface area contributed by atoms with E-state index < -0.39 is 59.3 Å². The van der Waals surface area contributed by atoms with E-state index in [1.165, 1.54) is 6.92 Å². The summed E-state index contributed by atoms with van der Waals surface area (Å²) in [5, 5.41) is 31.8. The Morgan fingerprint density at radius 2 is 1.72 bits per heavy atom. The number of ether oxygens (including phenoxy) is 4. The van der Waals surface area contributed by atoms with Gasteiger partial charge in [0.05, 0.1) is 36.1 Å². The predicted octanol–water partition coefficient (Wildman–Crippen LogP) is 3.26. The Morgan fingerprint density at radius 1 is 1.04 bits per heavy atom. The second-order valence-electron chi connectivity index (χ2n) is 17.9. The number of hydrogen-bond donors (Lipinski definition) is 4. The number of esters is 1. The van der Waals surface area contributed by atoms with Gasteiger partial charge in [-0.2, -0.15) is 0 Å². The quantitative estimate of drug-likeness (QED) is 0.258. The number of aliphatic hydroxyl groups is 3. The van der Waals surface area contributed by atoms with Crippen molar-refractivity contribution >= 4 is 11.8 Å². The summed E-state index contributed by atoms with van der Waals surface area (Å²) in [6, 6.07) is 0. The summed E-state index contributed by atoms with van der Waals surface area (Å²) < 4.78 is 24.5. The van der Waals surface area contributed by atoms with Gasteiger partial charge in [0, 0.05) is 12.8 Å². The van der Waals surface area contributed by atoms with Crippen molar-refractivity contribution in [1.82, 2.24) is 0 Å². The number of ketones is 1. The van der Waals surface area contributed by atoms with Crippen LogP contribution in [0.2, 0.25) is 0 Å². The molecule has 2 saturated heterocycles. The molecule has 8 unspecified atom stereocenters. The number of rotatable bonds is 5. The lowest BCUT2D eigenvalue weighted by Gasteiger charge is -2.62. The van der Waals surface area contributed by atoms with Crippen molar-refractivity contribution in [3.8, 4) is 0 Å². The van der Waals surface area contributed by atoms with Gasteiger partial charge in [-0.15, -0.1) is 0 Å². The Balaban J connectivity index is 1.15. The number of fused-ring (bicyclic) bond motifs is 4. The Morgan fingerprint density at radius 3 is 2.39 bits per heavy atom. The van der Waals surface area contributed by atoms with Gasteiger partial charge < -0.3 is 40.0 Å². The lowest BCUT2D eigenvalue weighted by molar-refractivity contribution is -0.284. The first-order valence-corrected chi connectivity index (χ1v) is 17.9. The summed E-state index contributed by atoms with van der Waals surface area (Å²) in [5.41, 5.74) is 4.79. The maximum atomic E-state index is 14.8. The molecule has 7 fully saturated rings. The third-order valence-corrected chi connectivity index (χ3v) is 15.0. The second kappa shape index (κ2) is 10.4. The average molecular weight is 648 g/mol. The van der Waals surface area contributed by atoms with Gasteiger partial charge in [0.25, 0.3) is 0 Å². The summed E-state index contributed by atoms with van der Waals surface area (Å²) >= 11 is 0. The first-order valence-electron chi connectivity index (χ1n) is 17.9. The van der Waals surface area contributed by atoms with Crippen molar-refractivity contribution in [1.29, 1.82) is 0 Å². The molecular formula is C36H57NO9. The van der Waals surface area contributed by atoms with E-state index in [9.17, 15) is 24.9 Å². The minimum absolute atomic E-state index is 0.00260. The van der Waals surface area contributed by atoms with Crippen molar-refractivity contribution in [2.75, 3.05) is 6.61 Å². The number of aliphatic hydroxyl groups excluding tert-OH is 2. The van der Waals surface area contributed by atoms with Gasteiger partial charge in [0.1, 0.15) is 12.2 Å². The summed E-state index contributed by atoms with van der Waals surface area (Å²) in [4.78, 5) is 26.8. The highest BCUT2D eigenvalue weighted by Gasteiger charge is 2.85. The van der Waals surface area contributed by atoms with Gasteiger partial charge in [-0.3, -0.25) is 9.59 Å². The smallest absolute Gasteiger partial charge is 0.303 e. The van der Waals surface area contributed by atoms with Crippen molar-refractivity contribution in [2.45, 2.75) is 160 Å². The van der Waals surface area contributed by atoms with E-state index in [4.69, 9.17) is 24.7 Å². The zero-order valence-corrected chi connectivity index (χ0v) is 28.8. The van der Waals surface area contributed by atoms with E-state index >= 15 is 0 Å². The second-order valence-corrected chi connectivity index (χ2v) is 17.9. The van der Waals surface area contributed by atoms with Gasteiger partial charge in [0.15, 0.2) is 18.2 Å². The molecule has 5 N–H and O–H groups in total. The maximum Gasteiger partial charge on any atom is 0.303 e. The van der Waals surface area contributed by atoms with Crippen LogP contribution in [0.15, 0.2) is 0 Å². The number of carbonyl (C=O) groups excluding carboxylic acids is 2. The summed E-state index contributed by atoms with van der Waals surface area (Å²) in [6.07, 6.45) is 2.65. The Bertz CT molecular complexity index is 1270. The van der Waals surface area contributed by atoms with Crippen LogP contribution < -0.4 is 5.73 Å². The number of Topliss-reactive ketones (excluding diaryl/α,β-unsaturated/α-hetero) is 1. The highest BCUT2D eigenvalue weighted by Crippen LogP contribution is 2.87. The molecule has 0 aromatic heterocycles. The number of carbonyl (C=O) groups is 2. The molecule has 7 rings (SSSR count). The average Bonchev–Trinajstić information content (AvgIpc) is 3.59. The lowest BCUT2D eigenvalue weighted by atomic mass is 9.43. The molecule has 0 aromatic carbocycles. The minimum atomic E-state index is -1.33. The fourth-order valence-electron chi connectivity index (χ4n) is 13.0. The SMILES string of the molecule is CC(=O)OC([C@@H]1C[C@@H](C)[C@H]2C(O1)C(=O)[C@@]1(N)C3CC[C@H]4C(C)(C)C(O[C@@H]5OCCC(O)[C@H]5O)CCC45CC35CCC21C)C(C)(C)O. The molecule has 10 nitrogen and oxygen atoms in total. The molecule has 0 bridgehead atoms. The maximum absolute atomic E-state index is 14.8. The van der Waals surface area contributed by atoms with E-state index in [-0.39, 0.29) is 45.9 Å². The molecule has 7 aliphatic rings. The van der Waals surface area contributed by atoms with E-state index in [2.05, 4.69) is 27.7 Å². The monoisotopic (exact) mass is 647 g/mol. The molecule has 5 saturated carbocycles. The summed E-state index contributed by atoms with van der Waals surface area (Å²) in [7, 11) is 0. The third kappa shape index (κ3) is 4.25. The van der Waals surface area contributed by atoms with Crippen LogP contribution in [0.3, 0.4) is 0 Å². The van der Waals surface area contributed by atoms with E-state index in [1.54, 1.807) is 13.8 Å². The van der Waals surface area contributed by atoms with Crippen LogP contribution in [-0.4, -0.2) is 87.7 Å². The molecular weight excluding hydrogens is 590 g/mol. The van der Waals surface area contributed by atoms with Crippen LogP contribution in [0, 0.1) is 45.3 Å². The largest absolute Gasteiger partial charge is 0.457 e. The van der Waals surface area contributed by atoms with Gasteiger partial charge in [0.2, 0.25) is 0 Å². The van der Waals surface area contributed by atoms with Crippen LogP contribution >= 0.6 is 0 Å². The third-order valence-electron chi connectivity index (χ3n) is 15.0. The highest BCUT2D eigenvalue weighted by atomic mass is 16.7. The molecule has 5 aliphatic carbocycles. The normalized spacial score (nSPS) is 53.2.